The maximum absolute atomic E-state index is 4.69. The predicted octanol–water partition coefficient (Wildman–Crippen LogP) is 4.38. The maximum atomic E-state index is 4.69. The third-order valence-electron chi connectivity index (χ3n) is 5.54. The molecule has 0 unspecified atom stereocenters. The molecule has 2 heteroatoms. The van der Waals surface area contributed by atoms with Crippen molar-refractivity contribution in [1.29, 1.82) is 0 Å². The molecule has 4 aliphatic rings. The molecule has 1 saturated carbocycles. The van der Waals surface area contributed by atoms with E-state index in [4.69, 9.17) is 0 Å². The molecule has 5 rings (SSSR count). The quantitative estimate of drug-likeness (QED) is 0.807. The highest BCUT2D eigenvalue weighted by molar-refractivity contribution is 6.01. The first-order valence-corrected chi connectivity index (χ1v) is 8.94. The summed E-state index contributed by atoms with van der Waals surface area (Å²) in [4.78, 5) is 7.36. The van der Waals surface area contributed by atoms with Crippen molar-refractivity contribution in [3.8, 4) is 0 Å². The molecule has 0 radical (unpaired) electrons. The molecule has 3 aliphatic heterocycles. The summed E-state index contributed by atoms with van der Waals surface area (Å²) in [5, 5.41) is 0. The second-order valence-electron chi connectivity index (χ2n) is 7.16. The van der Waals surface area contributed by atoms with Crippen LogP contribution in [0.3, 0.4) is 0 Å². The van der Waals surface area contributed by atoms with E-state index in [0.29, 0.717) is 0 Å². The standard InChI is InChI=1S/C20H26N2/c1-2-5-18(6-3-1)20(13-19-7-4-12-21-19)22-14-16-8-9-17(15-22)11-10-16/h1-3,5-6,13,16-17H,4,7-12,14-15H2. The van der Waals surface area contributed by atoms with Crippen LogP contribution in [0.1, 0.15) is 44.1 Å². The Bertz CT molecular complexity index is 551. The normalized spacial score (nSPS) is 28.6. The fraction of sp³-hybridized carbons (Fsp3) is 0.550. The van der Waals surface area contributed by atoms with Crippen LogP contribution >= 0.6 is 0 Å². The average Bonchev–Trinajstić information content (AvgIpc) is 2.90. The largest absolute Gasteiger partial charge is 0.370 e. The van der Waals surface area contributed by atoms with Gasteiger partial charge in [-0.25, -0.2) is 0 Å². The number of rotatable bonds is 3. The summed E-state index contributed by atoms with van der Waals surface area (Å²) in [6.45, 7) is 3.49. The molecule has 0 amide bonds. The van der Waals surface area contributed by atoms with Gasteiger partial charge >= 0.3 is 0 Å². The topological polar surface area (TPSA) is 15.6 Å². The van der Waals surface area contributed by atoms with Gasteiger partial charge in [-0.15, -0.1) is 0 Å². The third kappa shape index (κ3) is 2.97. The van der Waals surface area contributed by atoms with Gasteiger partial charge in [0.15, 0.2) is 0 Å². The molecule has 1 aromatic rings. The summed E-state index contributed by atoms with van der Waals surface area (Å²) in [6, 6.07) is 10.9. The Kier molecular flexibility index (Phi) is 4.01. The van der Waals surface area contributed by atoms with Crippen molar-refractivity contribution in [2.24, 2.45) is 16.8 Å². The molecule has 2 saturated heterocycles. The number of hydrogen-bond acceptors (Lipinski definition) is 2. The van der Waals surface area contributed by atoms with E-state index < -0.39 is 0 Å². The third-order valence-corrected chi connectivity index (χ3v) is 5.54. The van der Waals surface area contributed by atoms with Crippen LogP contribution in [0.15, 0.2) is 41.4 Å². The van der Waals surface area contributed by atoms with Crippen molar-refractivity contribution in [3.05, 3.63) is 42.0 Å². The van der Waals surface area contributed by atoms with E-state index in [1.54, 1.807) is 0 Å². The predicted molar refractivity (Wildman–Crippen MR) is 93.0 cm³/mol. The van der Waals surface area contributed by atoms with Gasteiger partial charge in [0.1, 0.15) is 0 Å². The lowest BCUT2D eigenvalue weighted by atomic mass is 9.84. The molecule has 0 spiro atoms. The Labute approximate surface area is 133 Å². The van der Waals surface area contributed by atoms with Crippen molar-refractivity contribution < 1.29 is 0 Å². The molecule has 0 N–H and O–H groups in total. The van der Waals surface area contributed by atoms with Gasteiger partial charge in [-0.3, -0.25) is 4.99 Å². The Hall–Kier alpha value is -1.57. The maximum Gasteiger partial charge on any atom is 0.0458 e. The Morgan fingerprint density at radius 2 is 1.68 bits per heavy atom. The van der Waals surface area contributed by atoms with Crippen molar-refractivity contribution in [2.45, 2.75) is 38.5 Å². The van der Waals surface area contributed by atoms with Crippen LogP contribution in [-0.2, 0) is 0 Å². The van der Waals surface area contributed by atoms with Crippen molar-refractivity contribution in [2.75, 3.05) is 19.6 Å². The number of hydrogen-bond donors (Lipinski definition) is 0. The number of nitrogens with zero attached hydrogens (tertiary/aromatic N) is 2. The molecule has 1 aromatic carbocycles. The number of aliphatic imine (C=N–C) groups is 1. The molecule has 2 bridgehead atoms. The van der Waals surface area contributed by atoms with Crippen LogP contribution in [0, 0.1) is 11.8 Å². The summed E-state index contributed by atoms with van der Waals surface area (Å²) in [5.41, 5.74) is 4.08. The summed E-state index contributed by atoms with van der Waals surface area (Å²) in [7, 11) is 0. The Morgan fingerprint density at radius 1 is 1.00 bits per heavy atom. The highest BCUT2D eigenvalue weighted by Crippen LogP contribution is 2.37. The van der Waals surface area contributed by atoms with Crippen molar-refractivity contribution in [3.63, 3.8) is 0 Å². The highest BCUT2D eigenvalue weighted by atomic mass is 15.1. The first kappa shape index (κ1) is 14.0. The number of fused-ring (bicyclic) bond motifs is 4. The minimum absolute atomic E-state index is 0.899. The van der Waals surface area contributed by atoms with E-state index in [0.717, 1.165) is 24.8 Å². The van der Waals surface area contributed by atoms with Gasteiger partial charge < -0.3 is 4.90 Å². The molecular weight excluding hydrogens is 268 g/mol. The molecule has 0 aromatic heterocycles. The Balaban J connectivity index is 1.67. The molecule has 116 valence electrons. The van der Waals surface area contributed by atoms with E-state index >= 15 is 0 Å². The van der Waals surface area contributed by atoms with Crippen LogP contribution in [0.2, 0.25) is 0 Å². The first-order chi connectivity index (χ1) is 10.9. The summed E-state index contributed by atoms with van der Waals surface area (Å²) >= 11 is 0. The molecule has 2 nitrogen and oxygen atoms in total. The second kappa shape index (κ2) is 6.28. The zero-order valence-corrected chi connectivity index (χ0v) is 13.4. The van der Waals surface area contributed by atoms with Gasteiger partial charge in [0.2, 0.25) is 0 Å². The number of allylic oxidation sites excluding steroid dienone is 1. The van der Waals surface area contributed by atoms with Gasteiger partial charge in [-0.05, 0) is 62.0 Å². The highest BCUT2D eigenvalue weighted by Gasteiger charge is 2.30. The second-order valence-corrected chi connectivity index (χ2v) is 7.16. The minimum atomic E-state index is 0.899. The summed E-state index contributed by atoms with van der Waals surface area (Å²) in [6.07, 6.45) is 10.5. The van der Waals surface area contributed by atoms with E-state index in [-0.39, 0.29) is 0 Å². The van der Waals surface area contributed by atoms with Crippen molar-refractivity contribution in [1.82, 2.24) is 4.90 Å². The van der Waals surface area contributed by atoms with Gasteiger partial charge in [0, 0.05) is 31.0 Å². The fourth-order valence-corrected chi connectivity index (χ4v) is 4.29. The van der Waals surface area contributed by atoms with Gasteiger partial charge in [-0.1, -0.05) is 30.3 Å². The van der Waals surface area contributed by atoms with Gasteiger partial charge in [-0.2, -0.15) is 0 Å². The van der Waals surface area contributed by atoms with Crippen LogP contribution in [0.5, 0.6) is 0 Å². The number of benzene rings is 1. The average molecular weight is 294 g/mol. The first-order valence-electron chi connectivity index (χ1n) is 8.94. The minimum Gasteiger partial charge on any atom is -0.370 e. The van der Waals surface area contributed by atoms with E-state index in [2.05, 4.69) is 46.3 Å². The van der Waals surface area contributed by atoms with E-state index in [1.807, 2.05) is 0 Å². The zero-order valence-electron chi connectivity index (χ0n) is 13.4. The zero-order chi connectivity index (χ0) is 14.8. The summed E-state index contributed by atoms with van der Waals surface area (Å²) in [5.74, 6) is 1.80. The monoisotopic (exact) mass is 294 g/mol. The lowest BCUT2D eigenvalue weighted by molar-refractivity contribution is 0.326. The van der Waals surface area contributed by atoms with Crippen LogP contribution in [0.4, 0.5) is 0 Å². The van der Waals surface area contributed by atoms with Gasteiger partial charge in [0.25, 0.3) is 0 Å². The Morgan fingerprint density at radius 3 is 2.27 bits per heavy atom. The van der Waals surface area contributed by atoms with E-state index in [9.17, 15) is 0 Å². The summed E-state index contributed by atoms with van der Waals surface area (Å²) < 4.78 is 0. The fourth-order valence-electron chi connectivity index (χ4n) is 4.29. The van der Waals surface area contributed by atoms with Crippen molar-refractivity contribution >= 4 is 11.4 Å². The van der Waals surface area contributed by atoms with Crippen LogP contribution in [0.25, 0.3) is 5.70 Å². The molecule has 22 heavy (non-hydrogen) atoms. The molecule has 3 heterocycles. The lowest BCUT2D eigenvalue weighted by Crippen LogP contribution is -2.27. The van der Waals surface area contributed by atoms with Crippen LogP contribution in [-0.4, -0.2) is 30.2 Å². The molecule has 0 atom stereocenters. The van der Waals surface area contributed by atoms with Crippen LogP contribution < -0.4 is 0 Å². The molecular formula is C20H26N2. The van der Waals surface area contributed by atoms with E-state index in [1.165, 1.54) is 62.2 Å². The van der Waals surface area contributed by atoms with Gasteiger partial charge in [0.05, 0.1) is 0 Å². The smallest absolute Gasteiger partial charge is 0.0458 e. The molecule has 1 aliphatic carbocycles. The lowest BCUT2D eigenvalue weighted by Gasteiger charge is -2.28. The molecule has 3 fully saturated rings. The SMILES string of the molecule is C(=C(c1ccccc1)N1CC2CCC(CC2)C1)C1=NCCC1.